The lowest BCUT2D eigenvalue weighted by Gasteiger charge is -2.46. The molecule has 0 aromatic carbocycles. The zero-order chi connectivity index (χ0) is 14.1. The standard InChI is InChI=1S/C15H26N4S/c1-11(2)8-16-9-14-12(3)17-15(20-14)13-10-18-4-6-19(13)7-5-18/h11,13,16H,4-10H2,1-3H3. The molecule has 112 valence electrons. The van der Waals surface area contributed by atoms with Gasteiger partial charge in [-0.15, -0.1) is 11.3 Å². The second-order valence-corrected chi connectivity index (χ2v) is 7.55. The highest BCUT2D eigenvalue weighted by Crippen LogP contribution is 2.32. The van der Waals surface area contributed by atoms with E-state index >= 15 is 0 Å². The molecule has 1 aromatic rings. The van der Waals surface area contributed by atoms with Gasteiger partial charge in [-0.3, -0.25) is 9.80 Å². The summed E-state index contributed by atoms with van der Waals surface area (Å²) in [5, 5.41) is 4.87. The Hall–Kier alpha value is -0.490. The molecule has 20 heavy (non-hydrogen) atoms. The van der Waals surface area contributed by atoms with Gasteiger partial charge < -0.3 is 5.32 Å². The van der Waals surface area contributed by atoms with Crippen LogP contribution in [-0.4, -0.2) is 54.1 Å². The van der Waals surface area contributed by atoms with E-state index in [1.807, 2.05) is 11.3 Å². The van der Waals surface area contributed by atoms with Crippen molar-refractivity contribution in [3.63, 3.8) is 0 Å². The van der Waals surface area contributed by atoms with Crippen LogP contribution in [0.3, 0.4) is 0 Å². The predicted octanol–water partition coefficient (Wildman–Crippen LogP) is 1.87. The normalized spacial score (nSPS) is 29.3. The van der Waals surface area contributed by atoms with Crippen LogP contribution in [0.15, 0.2) is 0 Å². The highest BCUT2D eigenvalue weighted by molar-refractivity contribution is 7.11. The second-order valence-electron chi connectivity index (χ2n) is 6.44. The van der Waals surface area contributed by atoms with Crippen LogP contribution in [0.25, 0.3) is 0 Å². The van der Waals surface area contributed by atoms with E-state index in [2.05, 4.69) is 35.9 Å². The Balaban J connectivity index is 1.66. The van der Waals surface area contributed by atoms with Crippen LogP contribution in [0, 0.1) is 12.8 Å². The molecular formula is C15H26N4S. The van der Waals surface area contributed by atoms with E-state index in [0.29, 0.717) is 12.0 Å². The zero-order valence-electron chi connectivity index (χ0n) is 12.9. The summed E-state index contributed by atoms with van der Waals surface area (Å²) in [5.41, 5.74) is 1.22. The van der Waals surface area contributed by atoms with Gasteiger partial charge in [-0.05, 0) is 19.4 Å². The van der Waals surface area contributed by atoms with Gasteiger partial charge in [0, 0.05) is 44.1 Å². The first-order valence-corrected chi connectivity index (χ1v) is 8.58. The van der Waals surface area contributed by atoms with Crippen molar-refractivity contribution in [1.82, 2.24) is 20.1 Å². The van der Waals surface area contributed by atoms with Crippen LogP contribution in [0.1, 0.15) is 35.5 Å². The number of nitrogens with zero attached hydrogens (tertiary/aromatic N) is 3. The number of rotatable bonds is 5. The quantitative estimate of drug-likeness (QED) is 0.898. The van der Waals surface area contributed by atoms with E-state index in [0.717, 1.165) is 13.1 Å². The first-order chi connectivity index (χ1) is 9.63. The monoisotopic (exact) mass is 294 g/mol. The maximum Gasteiger partial charge on any atom is 0.112 e. The number of hydrogen-bond donors (Lipinski definition) is 1. The van der Waals surface area contributed by atoms with E-state index in [9.17, 15) is 0 Å². The lowest BCUT2D eigenvalue weighted by molar-refractivity contribution is 0.0122. The summed E-state index contributed by atoms with van der Waals surface area (Å²) in [4.78, 5) is 11.5. The van der Waals surface area contributed by atoms with Crippen molar-refractivity contribution >= 4 is 11.3 Å². The molecule has 1 aromatic heterocycles. The molecule has 1 unspecified atom stereocenters. The lowest BCUT2D eigenvalue weighted by Crippen LogP contribution is -2.56. The van der Waals surface area contributed by atoms with E-state index in [4.69, 9.17) is 4.98 Å². The average Bonchev–Trinajstić information content (AvgIpc) is 2.81. The molecule has 0 radical (unpaired) electrons. The molecule has 1 atom stereocenters. The van der Waals surface area contributed by atoms with Gasteiger partial charge in [0.15, 0.2) is 0 Å². The van der Waals surface area contributed by atoms with Crippen molar-refractivity contribution in [2.75, 3.05) is 39.3 Å². The fourth-order valence-corrected chi connectivity index (χ4v) is 4.25. The van der Waals surface area contributed by atoms with Crippen molar-refractivity contribution in [2.45, 2.75) is 33.4 Å². The van der Waals surface area contributed by atoms with Crippen molar-refractivity contribution < 1.29 is 0 Å². The van der Waals surface area contributed by atoms with E-state index < -0.39 is 0 Å². The van der Waals surface area contributed by atoms with Gasteiger partial charge in [0.1, 0.15) is 5.01 Å². The topological polar surface area (TPSA) is 31.4 Å². The molecule has 1 N–H and O–H groups in total. The van der Waals surface area contributed by atoms with E-state index in [-0.39, 0.29) is 0 Å². The van der Waals surface area contributed by atoms with Crippen LogP contribution in [0.4, 0.5) is 0 Å². The van der Waals surface area contributed by atoms with Crippen molar-refractivity contribution in [2.24, 2.45) is 5.92 Å². The molecule has 4 nitrogen and oxygen atoms in total. The largest absolute Gasteiger partial charge is 0.312 e. The molecule has 3 aliphatic heterocycles. The summed E-state index contributed by atoms with van der Waals surface area (Å²) in [6, 6.07) is 0.542. The van der Waals surface area contributed by atoms with Crippen LogP contribution < -0.4 is 5.32 Å². The van der Waals surface area contributed by atoms with E-state index in [1.54, 1.807) is 0 Å². The van der Waals surface area contributed by atoms with E-state index in [1.165, 1.54) is 48.3 Å². The third kappa shape index (κ3) is 3.06. The summed E-state index contributed by atoms with van der Waals surface area (Å²) < 4.78 is 0. The first-order valence-electron chi connectivity index (χ1n) is 7.77. The SMILES string of the molecule is Cc1nc(C2CN3CCN2CC3)sc1CNCC(C)C. The molecule has 3 fully saturated rings. The lowest BCUT2D eigenvalue weighted by atomic mass is 10.1. The molecule has 0 saturated carbocycles. The van der Waals surface area contributed by atoms with Gasteiger partial charge in [0.25, 0.3) is 0 Å². The average molecular weight is 294 g/mol. The molecule has 3 aliphatic rings. The second kappa shape index (κ2) is 6.10. The van der Waals surface area contributed by atoms with Crippen LogP contribution >= 0.6 is 11.3 Å². The highest BCUT2D eigenvalue weighted by Gasteiger charge is 2.34. The van der Waals surface area contributed by atoms with Gasteiger partial charge in [-0.2, -0.15) is 0 Å². The van der Waals surface area contributed by atoms with Gasteiger partial charge in [-0.25, -0.2) is 4.98 Å². The highest BCUT2D eigenvalue weighted by atomic mass is 32.1. The Bertz CT molecular complexity index is 449. The number of aromatic nitrogens is 1. The Kier molecular flexibility index (Phi) is 4.40. The number of thiazole rings is 1. The van der Waals surface area contributed by atoms with Gasteiger partial charge in [0.05, 0.1) is 11.7 Å². The smallest absolute Gasteiger partial charge is 0.112 e. The number of hydrogen-bond acceptors (Lipinski definition) is 5. The Labute approximate surface area is 126 Å². The van der Waals surface area contributed by atoms with Crippen molar-refractivity contribution in [1.29, 1.82) is 0 Å². The Morgan fingerprint density at radius 2 is 2.05 bits per heavy atom. The predicted molar refractivity (Wildman–Crippen MR) is 84.1 cm³/mol. The van der Waals surface area contributed by atoms with Crippen molar-refractivity contribution in [3.8, 4) is 0 Å². The summed E-state index contributed by atoms with van der Waals surface area (Å²) in [5.74, 6) is 0.704. The number of aryl methyl sites for hydroxylation is 1. The third-order valence-electron chi connectivity index (χ3n) is 4.31. The molecular weight excluding hydrogens is 268 g/mol. The molecule has 2 bridgehead atoms. The maximum absolute atomic E-state index is 4.86. The minimum atomic E-state index is 0.542. The third-order valence-corrected chi connectivity index (χ3v) is 5.57. The zero-order valence-corrected chi connectivity index (χ0v) is 13.7. The molecule has 0 amide bonds. The first kappa shape index (κ1) is 14.4. The van der Waals surface area contributed by atoms with Crippen LogP contribution in [0.2, 0.25) is 0 Å². The van der Waals surface area contributed by atoms with Crippen LogP contribution in [0.5, 0.6) is 0 Å². The minimum Gasteiger partial charge on any atom is -0.312 e. The molecule has 4 rings (SSSR count). The number of nitrogens with one attached hydrogen (secondary N) is 1. The summed E-state index contributed by atoms with van der Waals surface area (Å²) in [6.07, 6.45) is 0. The van der Waals surface area contributed by atoms with Crippen molar-refractivity contribution in [3.05, 3.63) is 15.6 Å². The summed E-state index contributed by atoms with van der Waals surface area (Å²) in [7, 11) is 0. The summed E-state index contributed by atoms with van der Waals surface area (Å²) >= 11 is 1.92. The molecule has 4 heterocycles. The molecule has 5 heteroatoms. The molecule has 0 spiro atoms. The van der Waals surface area contributed by atoms with Gasteiger partial charge in [0.2, 0.25) is 0 Å². The number of piperazine rings is 3. The fraction of sp³-hybridized carbons (Fsp3) is 0.800. The summed E-state index contributed by atoms with van der Waals surface area (Å²) in [6.45, 7) is 14.8. The van der Waals surface area contributed by atoms with Gasteiger partial charge in [-0.1, -0.05) is 13.8 Å². The minimum absolute atomic E-state index is 0.542. The maximum atomic E-state index is 4.86. The molecule has 3 saturated heterocycles. The van der Waals surface area contributed by atoms with Crippen LogP contribution in [-0.2, 0) is 6.54 Å². The van der Waals surface area contributed by atoms with Gasteiger partial charge >= 0.3 is 0 Å². The Morgan fingerprint density at radius 1 is 1.30 bits per heavy atom. The fourth-order valence-electron chi connectivity index (χ4n) is 3.08. The number of fused-ring (bicyclic) bond motifs is 3. The molecule has 0 aliphatic carbocycles. The Morgan fingerprint density at radius 3 is 2.65 bits per heavy atom.